The number of hydroxylamine groups is 2. The van der Waals surface area contributed by atoms with E-state index < -0.39 is 33.3 Å². The zero-order chi connectivity index (χ0) is 23.2. The second kappa shape index (κ2) is 10.3. The first kappa shape index (κ1) is 24.9. The van der Waals surface area contributed by atoms with Crippen molar-refractivity contribution in [2.45, 2.75) is 39.7 Å². The normalized spacial score (nSPS) is 16.4. The number of rotatable bonds is 7. The van der Waals surface area contributed by atoms with Gasteiger partial charge in [-0.3, -0.25) is 5.21 Å². The number of carbonyl (C=O) groups is 1. The Morgan fingerprint density at radius 1 is 1.23 bits per heavy atom. The Bertz CT molecular complexity index is 917. The number of hydrogen-bond donors (Lipinski definition) is 2. The van der Waals surface area contributed by atoms with E-state index in [0.29, 0.717) is 31.0 Å². The molecule has 1 heterocycles. The number of carbonyl (C=O) groups excluding carboxylic acids is 1. The Kier molecular flexibility index (Phi) is 8.28. The van der Waals surface area contributed by atoms with Crippen LogP contribution in [0.5, 0.6) is 0 Å². The molecular formula is C21H31FN4O4S. The molecule has 1 aliphatic rings. The molecule has 0 aromatic heterocycles. The summed E-state index contributed by atoms with van der Waals surface area (Å²) in [5.74, 6) is 5.09. The molecule has 1 fully saturated rings. The Labute approximate surface area is 183 Å². The number of anilines is 1. The van der Waals surface area contributed by atoms with Crippen molar-refractivity contribution in [1.29, 1.82) is 0 Å². The fraction of sp³-hybridized carbons (Fsp3) is 0.571. The zero-order valence-electron chi connectivity index (χ0n) is 18.2. The Morgan fingerprint density at radius 2 is 1.81 bits per heavy atom. The highest BCUT2D eigenvalue weighted by Gasteiger charge is 2.41. The monoisotopic (exact) mass is 454 g/mol. The minimum absolute atomic E-state index is 0.241. The van der Waals surface area contributed by atoms with Gasteiger partial charge in [-0.05, 0) is 29.7 Å². The van der Waals surface area contributed by atoms with Crippen LogP contribution >= 0.6 is 0 Å². The Morgan fingerprint density at radius 3 is 2.32 bits per heavy atom. The molecule has 1 saturated heterocycles. The molecule has 8 nitrogen and oxygen atoms in total. The number of halogens is 1. The summed E-state index contributed by atoms with van der Waals surface area (Å²) in [5.41, 5.74) is 5.25. The van der Waals surface area contributed by atoms with Crippen LogP contribution in [0.2, 0.25) is 0 Å². The minimum Gasteiger partial charge on any atom is -0.369 e. The largest absolute Gasteiger partial charge is 0.369 e. The number of nitrogens with two attached hydrogens (primary N) is 1. The predicted molar refractivity (Wildman–Crippen MR) is 117 cm³/mol. The van der Waals surface area contributed by atoms with Crippen molar-refractivity contribution in [3.05, 3.63) is 30.1 Å². The molecule has 1 unspecified atom stereocenters. The van der Waals surface area contributed by atoms with Crippen LogP contribution in [0.1, 0.15) is 33.6 Å². The lowest BCUT2D eigenvalue weighted by atomic mass is 9.82. The highest BCUT2D eigenvalue weighted by Crippen LogP contribution is 2.30. The topological polar surface area (TPSA) is 107 Å². The molecule has 172 valence electrons. The van der Waals surface area contributed by atoms with Crippen LogP contribution in [0.3, 0.4) is 0 Å². The third-order valence-corrected chi connectivity index (χ3v) is 7.35. The van der Waals surface area contributed by atoms with E-state index in [9.17, 15) is 22.8 Å². The van der Waals surface area contributed by atoms with E-state index in [1.165, 1.54) is 16.4 Å². The van der Waals surface area contributed by atoms with Gasteiger partial charge < -0.3 is 10.6 Å². The van der Waals surface area contributed by atoms with Gasteiger partial charge in [0, 0.05) is 44.7 Å². The van der Waals surface area contributed by atoms with Gasteiger partial charge in [-0.2, -0.15) is 4.31 Å². The average molecular weight is 455 g/mol. The fourth-order valence-corrected chi connectivity index (χ4v) is 5.42. The highest BCUT2D eigenvalue weighted by atomic mass is 32.2. The van der Waals surface area contributed by atoms with Crippen LogP contribution in [0.4, 0.5) is 14.9 Å². The van der Waals surface area contributed by atoms with E-state index >= 15 is 0 Å². The van der Waals surface area contributed by atoms with Crippen LogP contribution in [-0.4, -0.2) is 67.0 Å². The summed E-state index contributed by atoms with van der Waals surface area (Å²) < 4.78 is 40.7. The molecule has 0 bridgehead atoms. The quantitative estimate of drug-likeness (QED) is 0.373. The maximum absolute atomic E-state index is 13.1. The Balaban J connectivity index is 2.13. The van der Waals surface area contributed by atoms with Gasteiger partial charge in [0.1, 0.15) is 5.82 Å². The van der Waals surface area contributed by atoms with Crippen LogP contribution < -0.4 is 10.6 Å². The molecule has 3 N–H and O–H groups in total. The molecule has 0 spiro atoms. The van der Waals surface area contributed by atoms with E-state index in [1.54, 1.807) is 26.0 Å². The van der Waals surface area contributed by atoms with Crippen molar-refractivity contribution in [3.63, 3.8) is 0 Å². The van der Waals surface area contributed by atoms with Crippen LogP contribution in [0, 0.1) is 23.1 Å². The second-order valence-corrected chi connectivity index (χ2v) is 10.2. The molecule has 1 atom stereocenters. The van der Waals surface area contributed by atoms with Crippen LogP contribution in [-0.2, 0) is 10.0 Å². The lowest BCUT2D eigenvalue weighted by Gasteiger charge is -2.39. The molecule has 1 aromatic carbocycles. The smallest absolute Gasteiger partial charge is 0.338 e. The molecule has 0 saturated carbocycles. The van der Waals surface area contributed by atoms with Crippen molar-refractivity contribution >= 4 is 21.7 Å². The van der Waals surface area contributed by atoms with Gasteiger partial charge in [0.2, 0.25) is 10.0 Å². The van der Waals surface area contributed by atoms with Gasteiger partial charge in [0.15, 0.2) is 0 Å². The number of benzene rings is 1. The van der Waals surface area contributed by atoms with Gasteiger partial charge in [0.05, 0.1) is 11.8 Å². The molecule has 0 radical (unpaired) electrons. The van der Waals surface area contributed by atoms with Crippen molar-refractivity contribution in [2.24, 2.45) is 11.1 Å². The maximum atomic E-state index is 13.1. The molecule has 1 aromatic rings. The SMILES string of the molecule is CCC#CCC(C)(C)C(CS(=O)(=O)N1CCN(c2ccc(F)cc2)CC1)N(O)C(N)=O. The van der Waals surface area contributed by atoms with Crippen LogP contribution in [0.25, 0.3) is 0 Å². The summed E-state index contributed by atoms with van der Waals surface area (Å²) in [7, 11) is -3.80. The number of sulfonamides is 1. The van der Waals surface area contributed by atoms with Gasteiger partial charge in [-0.25, -0.2) is 22.7 Å². The highest BCUT2D eigenvalue weighted by molar-refractivity contribution is 7.89. The van der Waals surface area contributed by atoms with Crippen molar-refractivity contribution in [2.75, 3.05) is 36.8 Å². The number of urea groups is 1. The Hall–Kier alpha value is -2.35. The summed E-state index contributed by atoms with van der Waals surface area (Å²) >= 11 is 0. The van der Waals surface area contributed by atoms with Crippen molar-refractivity contribution in [1.82, 2.24) is 9.37 Å². The van der Waals surface area contributed by atoms with E-state index in [0.717, 1.165) is 5.69 Å². The summed E-state index contributed by atoms with van der Waals surface area (Å²) in [6.07, 6.45) is 0.944. The number of primary amides is 1. The molecule has 2 rings (SSSR count). The number of hydrogen-bond acceptors (Lipinski definition) is 5. The summed E-state index contributed by atoms with van der Waals surface area (Å²) in [6, 6.07) is 3.88. The lowest BCUT2D eigenvalue weighted by molar-refractivity contribution is -0.0998. The summed E-state index contributed by atoms with van der Waals surface area (Å²) in [4.78, 5) is 13.6. The number of nitrogens with zero attached hydrogens (tertiary/aromatic N) is 3. The van der Waals surface area contributed by atoms with E-state index in [2.05, 4.69) is 11.8 Å². The van der Waals surface area contributed by atoms with E-state index in [4.69, 9.17) is 5.73 Å². The van der Waals surface area contributed by atoms with Crippen molar-refractivity contribution < 1.29 is 22.8 Å². The zero-order valence-corrected chi connectivity index (χ0v) is 19.0. The standard InChI is InChI=1S/C21H31FN4O4S/c1-4-5-6-11-21(2,3)19(26(28)20(23)27)16-31(29,30)25-14-12-24(13-15-25)18-9-7-17(22)8-10-18/h7-10,19,28H,4,11-16H2,1-3H3,(H2,23,27). The van der Waals surface area contributed by atoms with E-state index in [1.807, 2.05) is 11.8 Å². The van der Waals surface area contributed by atoms with Crippen molar-refractivity contribution in [3.8, 4) is 11.8 Å². The molecule has 0 aliphatic carbocycles. The first-order valence-corrected chi connectivity index (χ1v) is 11.8. The first-order chi connectivity index (χ1) is 14.5. The number of amides is 2. The van der Waals surface area contributed by atoms with Gasteiger partial charge in [-0.15, -0.1) is 11.8 Å². The fourth-order valence-electron chi connectivity index (χ4n) is 3.50. The van der Waals surface area contributed by atoms with Gasteiger partial charge >= 0.3 is 6.03 Å². The molecule has 2 amide bonds. The third kappa shape index (κ3) is 6.56. The molecule has 31 heavy (non-hydrogen) atoms. The summed E-state index contributed by atoms with van der Waals surface area (Å²) in [6.45, 7) is 6.76. The molecular weight excluding hydrogens is 423 g/mol. The lowest BCUT2D eigenvalue weighted by Crippen LogP contribution is -2.56. The summed E-state index contributed by atoms with van der Waals surface area (Å²) in [5, 5.41) is 10.5. The third-order valence-electron chi connectivity index (χ3n) is 5.46. The first-order valence-electron chi connectivity index (χ1n) is 10.2. The maximum Gasteiger partial charge on any atom is 0.338 e. The molecule has 10 heteroatoms. The van der Waals surface area contributed by atoms with Gasteiger partial charge in [-0.1, -0.05) is 20.8 Å². The van der Waals surface area contributed by atoms with Gasteiger partial charge in [0.25, 0.3) is 0 Å². The minimum atomic E-state index is -3.80. The average Bonchev–Trinajstić information content (AvgIpc) is 2.72. The molecule has 1 aliphatic heterocycles. The van der Waals surface area contributed by atoms with Crippen LogP contribution in [0.15, 0.2) is 24.3 Å². The second-order valence-electron chi connectivity index (χ2n) is 8.21. The predicted octanol–water partition coefficient (Wildman–Crippen LogP) is 2.25. The van der Waals surface area contributed by atoms with E-state index in [-0.39, 0.29) is 18.9 Å². The number of piperazine rings is 1.